The molecule has 0 aromatic heterocycles. The van der Waals surface area contributed by atoms with Gasteiger partial charge in [-0.3, -0.25) is 4.79 Å². The zero-order chi connectivity index (χ0) is 14.3. The van der Waals surface area contributed by atoms with Crippen molar-refractivity contribution in [2.75, 3.05) is 6.54 Å². The van der Waals surface area contributed by atoms with E-state index in [1.807, 2.05) is 0 Å². The van der Waals surface area contributed by atoms with E-state index in [-0.39, 0.29) is 12.5 Å². The number of carboxylic acid groups (broad SMARTS) is 1. The Hall–Kier alpha value is -1.61. The summed E-state index contributed by atoms with van der Waals surface area (Å²) in [5.41, 5.74) is 2.46. The van der Waals surface area contributed by atoms with Crippen LogP contribution in [-0.2, 0) is 11.2 Å². The van der Waals surface area contributed by atoms with Gasteiger partial charge in [0.1, 0.15) is 0 Å². The molecule has 0 amide bonds. The van der Waals surface area contributed by atoms with Gasteiger partial charge in [-0.05, 0) is 23.5 Å². The van der Waals surface area contributed by atoms with Crippen LogP contribution in [0.5, 0.6) is 0 Å². The van der Waals surface area contributed by atoms with Crippen molar-refractivity contribution in [2.45, 2.75) is 38.6 Å². The highest BCUT2D eigenvalue weighted by atomic mass is 16.4. The van der Waals surface area contributed by atoms with E-state index >= 15 is 0 Å². The first kappa shape index (κ1) is 15.4. The second kappa shape index (κ2) is 7.74. The van der Waals surface area contributed by atoms with E-state index in [2.05, 4.69) is 50.0 Å². The zero-order valence-electron chi connectivity index (χ0n) is 11.7. The van der Waals surface area contributed by atoms with Crippen molar-refractivity contribution in [2.24, 2.45) is 0 Å². The summed E-state index contributed by atoms with van der Waals surface area (Å²) >= 11 is 0. The lowest BCUT2D eigenvalue weighted by atomic mass is 9.98. The molecule has 0 saturated heterocycles. The number of aliphatic carboxylic acids is 1. The quantitative estimate of drug-likeness (QED) is 0.707. The molecule has 19 heavy (non-hydrogen) atoms. The van der Waals surface area contributed by atoms with Crippen molar-refractivity contribution in [3.05, 3.63) is 48.0 Å². The van der Waals surface area contributed by atoms with Crippen LogP contribution in [0.25, 0.3) is 0 Å². The van der Waals surface area contributed by atoms with Crippen molar-refractivity contribution in [1.29, 1.82) is 0 Å². The molecule has 0 radical (unpaired) electrons. The summed E-state index contributed by atoms with van der Waals surface area (Å²) < 4.78 is 0. The van der Waals surface area contributed by atoms with E-state index in [4.69, 9.17) is 5.11 Å². The Morgan fingerprint density at radius 3 is 2.47 bits per heavy atom. The average molecular weight is 261 g/mol. The highest BCUT2D eigenvalue weighted by Crippen LogP contribution is 2.16. The minimum absolute atomic E-state index is 0.0552. The predicted octanol–water partition coefficient (Wildman–Crippen LogP) is 2.97. The fourth-order valence-corrected chi connectivity index (χ4v) is 2.00. The van der Waals surface area contributed by atoms with E-state index in [9.17, 15) is 4.79 Å². The smallest absolute Gasteiger partial charge is 0.304 e. The summed E-state index contributed by atoms with van der Waals surface area (Å²) in [6.45, 7) is 8.59. The number of nitrogens with one attached hydrogen (secondary N) is 1. The molecule has 1 aromatic carbocycles. The summed E-state index contributed by atoms with van der Waals surface area (Å²) in [6, 6.07) is 8.34. The van der Waals surface area contributed by atoms with E-state index in [1.165, 1.54) is 5.56 Å². The Balaban J connectivity index is 2.66. The van der Waals surface area contributed by atoms with Crippen molar-refractivity contribution < 1.29 is 9.90 Å². The monoisotopic (exact) mass is 261 g/mol. The third-order valence-electron chi connectivity index (χ3n) is 3.10. The minimum Gasteiger partial charge on any atom is -0.481 e. The molecule has 0 aliphatic rings. The summed E-state index contributed by atoms with van der Waals surface area (Å²) in [5, 5.41) is 12.1. The molecule has 1 rings (SSSR count). The molecule has 0 fully saturated rings. The molecule has 0 spiro atoms. The van der Waals surface area contributed by atoms with Crippen LogP contribution < -0.4 is 5.32 Å². The first-order valence-electron chi connectivity index (χ1n) is 6.67. The SMILES string of the molecule is C=CCNC(CC(=O)O)Cc1ccc(C(C)C)cc1. The Morgan fingerprint density at radius 1 is 1.37 bits per heavy atom. The topological polar surface area (TPSA) is 49.3 Å². The molecule has 0 aliphatic carbocycles. The molecule has 3 nitrogen and oxygen atoms in total. The summed E-state index contributed by atoms with van der Waals surface area (Å²) in [5.74, 6) is -0.261. The van der Waals surface area contributed by atoms with Crippen LogP contribution in [-0.4, -0.2) is 23.7 Å². The van der Waals surface area contributed by atoms with Gasteiger partial charge in [-0.2, -0.15) is 0 Å². The Morgan fingerprint density at radius 2 is 2.00 bits per heavy atom. The fourth-order valence-electron chi connectivity index (χ4n) is 2.00. The van der Waals surface area contributed by atoms with Crippen LogP contribution >= 0.6 is 0 Å². The van der Waals surface area contributed by atoms with Gasteiger partial charge in [0.2, 0.25) is 0 Å². The molecular formula is C16H23NO2. The molecule has 0 heterocycles. The van der Waals surface area contributed by atoms with E-state index in [1.54, 1.807) is 6.08 Å². The van der Waals surface area contributed by atoms with Gasteiger partial charge in [0.25, 0.3) is 0 Å². The van der Waals surface area contributed by atoms with Gasteiger partial charge in [0, 0.05) is 12.6 Å². The zero-order valence-corrected chi connectivity index (χ0v) is 11.7. The third kappa shape index (κ3) is 5.71. The minimum atomic E-state index is -0.777. The number of hydrogen-bond acceptors (Lipinski definition) is 2. The standard InChI is InChI=1S/C16H23NO2/c1-4-9-17-15(11-16(18)19)10-13-5-7-14(8-6-13)12(2)3/h4-8,12,15,17H,1,9-11H2,2-3H3,(H,18,19). The van der Waals surface area contributed by atoms with Gasteiger partial charge < -0.3 is 10.4 Å². The maximum Gasteiger partial charge on any atom is 0.304 e. The second-order valence-electron chi connectivity index (χ2n) is 5.09. The Kier molecular flexibility index (Phi) is 6.30. The molecule has 0 aliphatic heterocycles. The number of rotatable bonds is 8. The van der Waals surface area contributed by atoms with E-state index in [0.29, 0.717) is 12.5 Å². The van der Waals surface area contributed by atoms with Crippen LogP contribution in [0.15, 0.2) is 36.9 Å². The summed E-state index contributed by atoms with van der Waals surface area (Å²) in [7, 11) is 0. The van der Waals surface area contributed by atoms with Crippen LogP contribution in [0, 0.1) is 0 Å². The Bertz CT molecular complexity index is 409. The third-order valence-corrected chi connectivity index (χ3v) is 3.10. The second-order valence-corrected chi connectivity index (χ2v) is 5.09. The number of carboxylic acids is 1. The van der Waals surface area contributed by atoms with Gasteiger partial charge in [0.15, 0.2) is 0 Å². The molecule has 2 N–H and O–H groups in total. The first-order valence-corrected chi connectivity index (χ1v) is 6.67. The summed E-state index contributed by atoms with van der Waals surface area (Å²) in [6.07, 6.45) is 2.59. The maximum absolute atomic E-state index is 10.8. The largest absolute Gasteiger partial charge is 0.481 e. The normalized spacial score (nSPS) is 12.4. The van der Waals surface area contributed by atoms with Gasteiger partial charge in [-0.25, -0.2) is 0 Å². The highest BCUT2D eigenvalue weighted by molar-refractivity contribution is 5.67. The number of hydrogen-bond donors (Lipinski definition) is 2. The lowest BCUT2D eigenvalue weighted by Crippen LogP contribution is -2.33. The molecule has 0 bridgehead atoms. The Labute approximate surface area is 115 Å². The first-order chi connectivity index (χ1) is 9.02. The van der Waals surface area contributed by atoms with Crippen LogP contribution in [0.1, 0.15) is 37.3 Å². The van der Waals surface area contributed by atoms with Gasteiger partial charge in [-0.1, -0.05) is 44.2 Å². The van der Waals surface area contributed by atoms with Gasteiger partial charge >= 0.3 is 5.97 Å². The van der Waals surface area contributed by atoms with Gasteiger partial charge in [-0.15, -0.1) is 6.58 Å². The van der Waals surface area contributed by atoms with Crippen molar-refractivity contribution in [3.63, 3.8) is 0 Å². The van der Waals surface area contributed by atoms with Crippen molar-refractivity contribution in [3.8, 4) is 0 Å². The predicted molar refractivity (Wildman–Crippen MR) is 78.5 cm³/mol. The molecule has 3 heteroatoms. The molecular weight excluding hydrogens is 238 g/mol. The van der Waals surface area contributed by atoms with Crippen molar-refractivity contribution in [1.82, 2.24) is 5.32 Å². The van der Waals surface area contributed by atoms with Crippen molar-refractivity contribution >= 4 is 5.97 Å². The molecule has 1 atom stereocenters. The van der Waals surface area contributed by atoms with Crippen LogP contribution in [0.3, 0.4) is 0 Å². The van der Waals surface area contributed by atoms with E-state index in [0.717, 1.165) is 12.0 Å². The van der Waals surface area contributed by atoms with Gasteiger partial charge in [0.05, 0.1) is 6.42 Å². The molecule has 104 valence electrons. The lowest BCUT2D eigenvalue weighted by molar-refractivity contribution is -0.137. The maximum atomic E-state index is 10.8. The number of carbonyl (C=O) groups is 1. The fraction of sp³-hybridized carbons (Fsp3) is 0.438. The molecule has 1 aromatic rings. The summed E-state index contributed by atoms with van der Waals surface area (Å²) in [4.78, 5) is 10.8. The molecule has 1 unspecified atom stereocenters. The average Bonchev–Trinajstić information content (AvgIpc) is 2.36. The van der Waals surface area contributed by atoms with Crippen LogP contribution in [0.2, 0.25) is 0 Å². The lowest BCUT2D eigenvalue weighted by Gasteiger charge is -2.16. The van der Waals surface area contributed by atoms with E-state index < -0.39 is 5.97 Å². The molecule has 0 saturated carbocycles. The van der Waals surface area contributed by atoms with Crippen LogP contribution in [0.4, 0.5) is 0 Å². The number of benzene rings is 1. The highest BCUT2D eigenvalue weighted by Gasteiger charge is 2.13.